The second-order valence-electron chi connectivity index (χ2n) is 4.94. The van der Waals surface area contributed by atoms with Crippen molar-refractivity contribution in [3.8, 4) is 5.75 Å². The number of halogens is 1. The Morgan fingerprint density at radius 1 is 1.39 bits per heavy atom. The molecule has 1 saturated carbocycles. The zero-order valence-electron chi connectivity index (χ0n) is 10.9. The molecule has 18 heavy (non-hydrogen) atoms. The zero-order valence-corrected chi connectivity index (χ0v) is 10.9. The smallest absolute Gasteiger partial charge is 0.123 e. The molecule has 2 N–H and O–H groups in total. The van der Waals surface area contributed by atoms with Crippen LogP contribution in [0.3, 0.4) is 0 Å². The van der Waals surface area contributed by atoms with Gasteiger partial charge in [-0.05, 0) is 43.9 Å². The van der Waals surface area contributed by atoms with Gasteiger partial charge >= 0.3 is 0 Å². The molecule has 1 aliphatic carbocycles. The normalized spacial score (nSPS) is 19.1. The van der Waals surface area contributed by atoms with Crippen LogP contribution in [0.1, 0.15) is 37.3 Å². The molecule has 0 aliphatic heterocycles. The summed E-state index contributed by atoms with van der Waals surface area (Å²) in [6.07, 6.45) is 3.91. The van der Waals surface area contributed by atoms with E-state index in [0.717, 1.165) is 12.8 Å². The molecular formula is C14H20FNO2. The van der Waals surface area contributed by atoms with Gasteiger partial charge in [-0.3, -0.25) is 0 Å². The van der Waals surface area contributed by atoms with Crippen LogP contribution < -0.4 is 10.5 Å². The van der Waals surface area contributed by atoms with Crippen LogP contribution in [0.5, 0.6) is 5.75 Å². The van der Waals surface area contributed by atoms with E-state index in [9.17, 15) is 4.39 Å². The van der Waals surface area contributed by atoms with E-state index in [1.807, 2.05) is 0 Å². The summed E-state index contributed by atoms with van der Waals surface area (Å²) in [6.45, 7) is 0. The van der Waals surface area contributed by atoms with Crippen molar-refractivity contribution >= 4 is 0 Å². The predicted molar refractivity (Wildman–Crippen MR) is 68.1 cm³/mol. The lowest BCUT2D eigenvalue weighted by atomic mass is 9.75. The average molecular weight is 253 g/mol. The summed E-state index contributed by atoms with van der Waals surface area (Å²) in [5.41, 5.74) is 6.77. The lowest BCUT2D eigenvalue weighted by molar-refractivity contribution is -0.0817. The van der Waals surface area contributed by atoms with Gasteiger partial charge in [-0.15, -0.1) is 0 Å². The summed E-state index contributed by atoms with van der Waals surface area (Å²) in [6, 6.07) is 4.18. The van der Waals surface area contributed by atoms with Gasteiger partial charge < -0.3 is 15.2 Å². The van der Waals surface area contributed by atoms with Gasteiger partial charge in [-0.25, -0.2) is 4.39 Å². The lowest BCUT2D eigenvalue weighted by Crippen LogP contribution is -2.41. The first-order chi connectivity index (χ1) is 8.60. The van der Waals surface area contributed by atoms with Crippen LogP contribution in [0.25, 0.3) is 0 Å². The van der Waals surface area contributed by atoms with Gasteiger partial charge in [0, 0.05) is 18.7 Å². The van der Waals surface area contributed by atoms with E-state index < -0.39 is 0 Å². The summed E-state index contributed by atoms with van der Waals surface area (Å²) in [5, 5.41) is 0. The number of ether oxygens (including phenoxy) is 2. The van der Waals surface area contributed by atoms with Crippen molar-refractivity contribution in [3.05, 3.63) is 29.6 Å². The third-order valence-electron chi connectivity index (χ3n) is 3.88. The fourth-order valence-electron chi connectivity index (χ4n) is 2.57. The Morgan fingerprint density at radius 2 is 2.11 bits per heavy atom. The minimum atomic E-state index is -0.290. The Hall–Kier alpha value is -1.13. The SMILES string of the molecule is COc1ccc(F)cc1C(N)CC1(OC)CCC1. The Morgan fingerprint density at radius 3 is 2.61 bits per heavy atom. The minimum absolute atomic E-state index is 0.128. The number of hydrogen-bond donors (Lipinski definition) is 1. The Kier molecular flexibility index (Phi) is 3.88. The Labute approximate surface area is 107 Å². The first-order valence-corrected chi connectivity index (χ1v) is 6.24. The van der Waals surface area contributed by atoms with Crippen molar-refractivity contribution in [1.82, 2.24) is 0 Å². The van der Waals surface area contributed by atoms with Gasteiger partial charge in [-0.2, -0.15) is 0 Å². The van der Waals surface area contributed by atoms with Crippen molar-refractivity contribution in [2.45, 2.75) is 37.3 Å². The Bertz CT molecular complexity index is 413. The van der Waals surface area contributed by atoms with Crippen LogP contribution in [0, 0.1) is 5.82 Å². The summed E-state index contributed by atoms with van der Waals surface area (Å²) < 4.78 is 24.1. The molecule has 1 fully saturated rings. The van der Waals surface area contributed by atoms with Crippen LogP contribution >= 0.6 is 0 Å². The zero-order chi connectivity index (χ0) is 13.2. The fourth-order valence-corrected chi connectivity index (χ4v) is 2.57. The van der Waals surface area contributed by atoms with Crippen LogP contribution in [-0.4, -0.2) is 19.8 Å². The second-order valence-corrected chi connectivity index (χ2v) is 4.94. The van der Waals surface area contributed by atoms with Crippen LogP contribution in [0.2, 0.25) is 0 Å². The molecular weight excluding hydrogens is 233 g/mol. The summed E-state index contributed by atoms with van der Waals surface area (Å²) in [7, 11) is 3.29. The highest BCUT2D eigenvalue weighted by Gasteiger charge is 2.39. The van der Waals surface area contributed by atoms with Crippen LogP contribution in [0.4, 0.5) is 4.39 Å². The molecule has 3 nitrogen and oxygen atoms in total. The maximum atomic E-state index is 13.3. The topological polar surface area (TPSA) is 44.5 Å². The van der Waals surface area contributed by atoms with Crippen molar-refractivity contribution in [1.29, 1.82) is 0 Å². The van der Waals surface area contributed by atoms with Crippen molar-refractivity contribution < 1.29 is 13.9 Å². The molecule has 1 aromatic rings. The highest BCUT2D eigenvalue weighted by atomic mass is 19.1. The molecule has 2 rings (SSSR count). The lowest BCUT2D eigenvalue weighted by Gasteiger charge is -2.42. The van der Waals surface area contributed by atoms with Gasteiger partial charge in [0.05, 0.1) is 12.7 Å². The number of hydrogen-bond acceptors (Lipinski definition) is 3. The Balaban J connectivity index is 2.17. The van der Waals surface area contributed by atoms with E-state index in [-0.39, 0.29) is 17.5 Å². The molecule has 0 bridgehead atoms. The third kappa shape index (κ3) is 2.49. The van der Waals surface area contributed by atoms with Crippen LogP contribution in [0.15, 0.2) is 18.2 Å². The van der Waals surface area contributed by atoms with Crippen LogP contribution in [-0.2, 0) is 4.74 Å². The van der Waals surface area contributed by atoms with Crippen molar-refractivity contribution in [2.24, 2.45) is 5.73 Å². The van der Waals surface area contributed by atoms with E-state index in [1.54, 1.807) is 20.3 Å². The van der Waals surface area contributed by atoms with Gasteiger partial charge in [0.15, 0.2) is 0 Å². The van der Waals surface area contributed by atoms with Gasteiger partial charge in [0.25, 0.3) is 0 Å². The fraction of sp³-hybridized carbons (Fsp3) is 0.571. The molecule has 0 radical (unpaired) electrons. The standard InChI is InChI=1S/C14H20FNO2/c1-17-13-5-4-10(15)8-11(13)12(16)9-14(18-2)6-3-7-14/h4-5,8,12H,3,6-7,9,16H2,1-2H3. The van der Waals surface area contributed by atoms with Gasteiger partial charge in [0.1, 0.15) is 11.6 Å². The van der Waals surface area contributed by atoms with E-state index in [2.05, 4.69) is 0 Å². The maximum Gasteiger partial charge on any atom is 0.123 e. The van der Waals surface area contributed by atoms with E-state index in [1.165, 1.54) is 18.6 Å². The minimum Gasteiger partial charge on any atom is -0.496 e. The molecule has 0 heterocycles. The third-order valence-corrected chi connectivity index (χ3v) is 3.88. The first kappa shape index (κ1) is 13.3. The summed E-state index contributed by atoms with van der Waals surface area (Å²) in [5.74, 6) is 0.343. The van der Waals surface area contributed by atoms with Gasteiger partial charge in [-0.1, -0.05) is 0 Å². The number of methoxy groups -OCH3 is 2. The molecule has 1 atom stereocenters. The van der Waals surface area contributed by atoms with E-state index in [4.69, 9.17) is 15.2 Å². The number of benzene rings is 1. The molecule has 100 valence electrons. The molecule has 1 aromatic carbocycles. The summed E-state index contributed by atoms with van der Waals surface area (Å²) in [4.78, 5) is 0. The highest BCUT2D eigenvalue weighted by Crippen LogP contribution is 2.42. The predicted octanol–water partition coefficient (Wildman–Crippen LogP) is 2.79. The second kappa shape index (κ2) is 5.24. The molecule has 0 aromatic heterocycles. The van der Waals surface area contributed by atoms with E-state index in [0.29, 0.717) is 17.7 Å². The molecule has 1 unspecified atom stereocenters. The molecule has 0 amide bonds. The molecule has 4 heteroatoms. The largest absolute Gasteiger partial charge is 0.496 e. The highest BCUT2D eigenvalue weighted by molar-refractivity contribution is 5.36. The monoisotopic (exact) mass is 253 g/mol. The number of nitrogens with two attached hydrogens (primary N) is 1. The maximum absolute atomic E-state index is 13.3. The van der Waals surface area contributed by atoms with Crippen molar-refractivity contribution in [3.63, 3.8) is 0 Å². The molecule has 1 aliphatic rings. The average Bonchev–Trinajstić information content (AvgIpc) is 2.33. The summed E-state index contributed by atoms with van der Waals surface area (Å²) >= 11 is 0. The van der Waals surface area contributed by atoms with E-state index >= 15 is 0 Å². The molecule has 0 saturated heterocycles. The van der Waals surface area contributed by atoms with Gasteiger partial charge in [0.2, 0.25) is 0 Å². The first-order valence-electron chi connectivity index (χ1n) is 6.24. The quantitative estimate of drug-likeness (QED) is 0.877. The number of rotatable bonds is 5. The molecule has 0 spiro atoms. The van der Waals surface area contributed by atoms with Crippen molar-refractivity contribution in [2.75, 3.05) is 14.2 Å².